The second-order valence-corrected chi connectivity index (χ2v) is 6.27. The van der Waals surface area contributed by atoms with E-state index < -0.39 is 24.2 Å². The molecular weight excluding hydrogens is 321 g/mol. The number of hydrogen-bond donors (Lipinski definition) is 0. The van der Waals surface area contributed by atoms with Gasteiger partial charge in [-0.15, -0.1) is 0 Å². The van der Waals surface area contributed by atoms with Crippen molar-refractivity contribution >= 4 is 17.8 Å². The van der Waals surface area contributed by atoms with Crippen LogP contribution in [0, 0.1) is 19.7 Å². The van der Waals surface area contributed by atoms with Gasteiger partial charge in [0.25, 0.3) is 0 Å². The van der Waals surface area contributed by atoms with E-state index in [2.05, 4.69) is 4.57 Å². The summed E-state index contributed by atoms with van der Waals surface area (Å²) in [6.45, 7) is 3.59. The predicted molar refractivity (Wildman–Crippen MR) is 92.9 cm³/mol. The van der Waals surface area contributed by atoms with Crippen LogP contribution in [0.4, 0.5) is 4.39 Å². The minimum absolute atomic E-state index is 0.0766. The van der Waals surface area contributed by atoms with E-state index in [0.717, 1.165) is 11.3 Å². The Hall–Kier alpha value is -2.69. The molecule has 1 aromatic carbocycles. The van der Waals surface area contributed by atoms with E-state index in [1.807, 2.05) is 19.9 Å². The van der Waals surface area contributed by atoms with Gasteiger partial charge in [-0.05, 0) is 56.5 Å². The third kappa shape index (κ3) is 3.87. The lowest BCUT2D eigenvalue weighted by Gasteiger charge is -2.06. The number of aryl methyl sites for hydroxylation is 1. The largest absolute Gasteiger partial charge is 0.454 e. The zero-order valence-corrected chi connectivity index (χ0v) is 14.3. The van der Waals surface area contributed by atoms with Crippen molar-refractivity contribution in [3.63, 3.8) is 0 Å². The molecule has 1 aliphatic carbocycles. The molecule has 2 aromatic rings. The monoisotopic (exact) mass is 341 g/mol. The lowest BCUT2D eigenvalue weighted by atomic mass is 10.1. The Morgan fingerprint density at radius 2 is 2.00 bits per heavy atom. The van der Waals surface area contributed by atoms with E-state index in [1.165, 1.54) is 42.8 Å². The van der Waals surface area contributed by atoms with Crippen molar-refractivity contribution in [2.75, 3.05) is 6.61 Å². The molecule has 25 heavy (non-hydrogen) atoms. The van der Waals surface area contributed by atoms with Crippen LogP contribution in [0.15, 0.2) is 36.4 Å². The number of halogens is 1. The number of ketones is 1. The average Bonchev–Trinajstić information content (AvgIpc) is 3.37. The van der Waals surface area contributed by atoms with Gasteiger partial charge in [0, 0.05) is 23.5 Å². The summed E-state index contributed by atoms with van der Waals surface area (Å²) in [5.41, 5.74) is 3.17. The Morgan fingerprint density at radius 1 is 1.28 bits per heavy atom. The van der Waals surface area contributed by atoms with Crippen LogP contribution in [-0.2, 0) is 9.53 Å². The molecule has 1 aromatic heterocycles. The zero-order valence-electron chi connectivity index (χ0n) is 14.3. The van der Waals surface area contributed by atoms with Crippen molar-refractivity contribution in [2.24, 2.45) is 0 Å². The highest BCUT2D eigenvalue weighted by Crippen LogP contribution is 2.38. The van der Waals surface area contributed by atoms with E-state index >= 15 is 0 Å². The lowest BCUT2D eigenvalue weighted by Crippen LogP contribution is -2.13. The van der Waals surface area contributed by atoms with Crippen LogP contribution in [0.2, 0.25) is 0 Å². The van der Waals surface area contributed by atoms with Crippen LogP contribution < -0.4 is 0 Å². The van der Waals surface area contributed by atoms with Crippen molar-refractivity contribution < 1.29 is 18.7 Å². The normalized spacial score (nSPS) is 14.0. The summed E-state index contributed by atoms with van der Waals surface area (Å²) >= 11 is 0. The number of benzene rings is 1. The maximum Gasteiger partial charge on any atom is 0.331 e. The molecule has 0 bridgehead atoms. The van der Waals surface area contributed by atoms with Crippen LogP contribution in [-0.4, -0.2) is 22.9 Å². The summed E-state index contributed by atoms with van der Waals surface area (Å²) < 4.78 is 20.7. The van der Waals surface area contributed by atoms with Crippen molar-refractivity contribution in [1.82, 2.24) is 4.57 Å². The maximum atomic E-state index is 13.5. The van der Waals surface area contributed by atoms with Gasteiger partial charge in [0.1, 0.15) is 5.82 Å². The second kappa shape index (κ2) is 7.05. The molecule has 4 nitrogen and oxygen atoms in total. The highest BCUT2D eigenvalue weighted by molar-refractivity contribution is 5.99. The summed E-state index contributed by atoms with van der Waals surface area (Å²) in [6, 6.07) is 8.24. The third-order valence-electron chi connectivity index (χ3n) is 4.35. The van der Waals surface area contributed by atoms with Gasteiger partial charge < -0.3 is 9.30 Å². The highest BCUT2D eigenvalue weighted by atomic mass is 19.1. The Morgan fingerprint density at radius 3 is 2.68 bits per heavy atom. The quantitative estimate of drug-likeness (QED) is 0.453. The summed E-state index contributed by atoms with van der Waals surface area (Å²) in [6.07, 6.45) is 5.38. The van der Waals surface area contributed by atoms with E-state index in [-0.39, 0.29) is 5.56 Å². The number of nitrogens with zero attached hydrogens (tertiary/aromatic N) is 1. The number of Topliss-reactive ketones (excluding diaryl/α,β-unsaturated/α-hetero) is 1. The fourth-order valence-corrected chi connectivity index (χ4v) is 2.97. The molecule has 1 aliphatic rings. The number of carbonyl (C=O) groups excluding carboxylic acids is 2. The van der Waals surface area contributed by atoms with Crippen LogP contribution in [0.1, 0.15) is 46.2 Å². The van der Waals surface area contributed by atoms with Gasteiger partial charge in [-0.2, -0.15) is 0 Å². The fraction of sp³-hybridized carbons (Fsp3) is 0.300. The molecule has 1 heterocycles. The first-order chi connectivity index (χ1) is 12.0. The first kappa shape index (κ1) is 17.1. The zero-order chi connectivity index (χ0) is 18.0. The maximum absolute atomic E-state index is 13.5. The SMILES string of the molecule is Cc1cc(/C=C/C(=O)OCC(=O)c2ccccc2F)c(C)n1C1CC1. The summed E-state index contributed by atoms with van der Waals surface area (Å²) in [5, 5.41) is 0. The molecular formula is C20H20FNO3. The van der Waals surface area contributed by atoms with Crippen LogP contribution >= 0.6 is 0 Å². The molecule has 1 fully saturated rings. The molecule has 5 heteroatoms. The molecule has 0 saturated heterocycles. The van der Waals surface area contributed by atoms with Gasteiger partial charge >= 0.3 is 5.97 Å². The third-order valence-corrected chi connectivity index (χ3v) is 4.35. The fourth-order valence-electron chi connectivity index (χ4n) is 2.97. The van der Waals surface area contributed by atoms with Crippen molar-refractivity contribution in [3.8, 4) is 0 Å². The van der Waals surface area contributed by atoms with Crippen molar-refractivity contribution in [1.29, 1.82) is 0 Å². The Balaban J connectivity index is 1.59. The molecule has 130 valence electrons. The minimum atomic E-state index is -0.624. The molecule has 0 N–H and O–H groups in total. The van der Waals surface area contributed by atoms with Gasteiger partial charge in [-0.25, -0.2) is 9.18 Å². The minimum Gasteiger partial charge on any atom is -0.454 e. The highest BCUT2D eigenvalue weighted by Gasteiger charge is 2.26. The molecule has 0 radical (unpaired) electrons. The summed E-state index contributed by atoms with van der Waals surface area (Å²) in [4.78, 5) is 23.7. The molecule has 3 rings (SSSR count). The van der Waals surface area contributed by atoms with Crippen molar-refractivity contribution in [2.45, 2.75) is 32.7 Å². The number of aromatic nitrogens is 1. The number of hydrogen-bond acceptors (Lipinski definition) is 3. The summed E-state index contributed by atoms with van der Waals surface area (Å²) in [7, 11) is 0. The number of rotatable bonds is 6. The van der Waals surface area contributed by atoms with Crippen LogP contribution in [0.5, 0.6) is 0 Å². The topological polar surface area (TPSA) is 48.3 Å². The molecule has 0 aliphatic heterocycles. The van der Waals surface area contributed by atoms with E-state index in [1.54, 1.807) is 12.1 Å². The molecule has 0 unspecified atom stereocenters. The molecule has 0 amide bonds. The predicted octanol–water partition coefficient (Wildman–Crippen LogP) is 4.02. The average molecular weight is 341 g/mol. The van der Waals surface area contributed by atoms with E-state index in [4.69, 9.17) is 4.74 Å². The number of carbonyl (C=O) groups is 2. The number of esters is 1. The Bertz CT molecular complexity index is 847. The van der Waals surface area contributed by atoms with Gasteiger partial charge in [-0.1, -0.05) is 12.1 Å². The Kier molecular flexibility index (Phi) is 4.83. The summed E-state index contributed by atoms with van der Waals surface area (Å²) in [5.74, 6) is -1.81. The molecule has 0 atom stereocenters. The second-order valence-electron chi connectivity index (χ2n) is 6.27. The smallest absolute Gasteiger partial charge is 0.331 e. The first-order valence-electron chi connectivity index (χ1n) is 8.28. The number of ether oxygens (including phenoxy) is 1. The lowest BCUT2D eigenvalue weighted by molar-refractivity contribution is -0.136. The Labute approximate surface area is 145 Å². The van der Waals surface area contributed by atoms with E-state index in [0.29, 0.717) is 6.04 Å². The van der Waals surface area contributed by atoms with Gasteiger partial charge in [-0.3, -0.25) is 4.79 Å². The van der Waals surface area contributed by atoms with Gasteiger partial charge in [0.05, 0.1) is 5.56 Å². The van der Waals surface area contributed by atoms with Crippen LogP contribution in [0.25, 0.3) is 6.08 Å². The molecule has 0 spiro atoms. The molecule has 1 saturated carbocycles. The van der Waals surface area contributed by atoms with Gasteiger partial charge in [0.15, 0.2) is 6.61 Å². The van der Waals surface area contributed by atoms with Crippen LogP contribution in [0.3, 0.4) is 0 Å². The van der Waals surface area contributed by atoms with Crippen molar-refractivity contribution in [3.05, 3.63) is 64.7 Å². The first-order valence-corrected chi connectivity index (χ1v) is 8.28. The standard InChI is InChI=1S/C20H20FNO3/c1-13-11-15(14(2)22(13)16-8-9-16)7-10-20(24)25-12-19(23)17-5-3-4-6-18(17)21/h3-7,10-11,16H,8-9,12H2,1-2H3/b10-7+. The van der Waals surface area contributed by atoms with Gasteiger partial charge in [0.2, 0.25) is 5.78 Å². The van der Waals surface area contributed by atoms with E-state index in [9.17, 15) is 14.0 Å².